The lowest BCUT2D eigenvalue weighted by Crippen LogP contribution is -2.48. The maximum Gasteiger partial charge on any atom is 0.408 e. The summed E-state index contributed by atoms with van der Waals surface area (Å²) in [6, 6.07) is 14.7. The van der Waals surface area contributed by atoms with Crippen molar-refractivity contribution in [3.8, 4) is 0 Å². The number of carboxylic acid groups (broad SMARTS) is 1. The zero-order chi connectivity index (χ0) is 18.9. The van der Waals surface area contributed by atoms with E-state index < -0.39 is 17.7 Å². The van der Waals surface area contributed by atoms with Gasteiger partial charge in [0.2, 0.25) is 0 Å². The van der Waals surface area contributed by atoms with Crippen LogP contribution in [0.25, 0.3) is 11.0 Å². The summed E-state index contributed by atoms with van der Waals surface area (Å²) < 4.78 is 0. The van der Waals surface area contributed by atoms with Crippen LogP contribution in [0.5, 0.6) is 0 Å². The fraction of sp³-hybridized carbons (Fsp3) is 0.300. The largest absolute Gasteiger partial charge is 0.465 e. The number of halogens is 1. The Kier molecular flexibility index (Phi) is 4.92. The Morgan fingerprint density at radius 2 is 1.85 bits per heavy atom. The first kappa shape index (κ1) is 18.3. The van der Waals surface area contributed by atoms with Gasteiger partial charge in [-0.3, -0.25) is 4.90 Å². The van der Waals surface area contributed by atoms with Gasteiger partial charge >= 0.3 is 6.09 Å². The summed E-state index contributed by atoms with van der Waals surface area (Å²) in [7, 11) is 0. The van der Waals surface area contributed by atoms with E-state index in [-0.39, 0.29) is 0 Å². The molecule has 0 bridgehead atoms. The summed E-state index contributed by atoms with van der Waals surface area (Å²) in [5.74, 6) is 0.637. The highest BCUT2D eigenvalue weighted by Crippen LogP contribution is 2.31. The minimum Gasteiger partial charge on any atom is -0.465 e. The summed E-state index contributed by atoms with van der Waals surface area (Å²) in [6.45, 7) is 5.66. The second-order valence-electron chi connectivity index (χ2n) is 7.31. The average Bonchev–Trinajstić information content (AvgIpc) is 2.98. The van der Waals surface area contributed by atoms with Gasteiger partial charge in [0.25, 0.3) is 0 Å². The van der Waals surface area contributed by atoms with Crippen molar-refractivity contribution >= 4 is 28.7 Å². The number of fused-ring (bicyclic) bond motifs is 1. The molecule has 1 aromatic heterocycles. The molecule has 0 aliphatic rings. The number of hydrogen-bond acceptors (Lipinski definition) is 2. The number of para-hydroxylation sites is 2. The number of imidazole rings is 1. The van der Waals surface area contributed by atoms with E-state index in [1.165, 1.54) is 4.90 Å². The smallest absolute Gasteiger partial charge is 0.408 e. The van der Waals surface area contributed by atoms with E-state index in [0.29, 0.717) is 17.3 Å². The minimum atomic E-state index is -0.975. The quantitative estimate of drug-likeness (QED) is 0.655. The molecule has 136 valence electrons. The standard InChI is InChI=1S/C20H22ClN3O2/c1-20(2,3)24(19(25)26)17(12-13-8-10-14(21)11-9-13)18-22-15-6-4-5-7-16(15)23-18/h4-11,17H,12H2,1-3H3,(H,22,23)(H,25,26)/t17-/m1/s1. The normalized spacial score (nSPS) is 12.9. The molecular formula is C20H22ClN3O2. The Morgan fingerprint density at radius 1 is 1.19 bits per heavy atom. The molecule has 1 amide bonds. The molecule has 2 N–H and O–H groups in total. The summed E-state index contributed by atoms with van der Waals surface area (Å²) in [6.07, 6.45) is -0.475. The van der Waals surface area contributed by atoms with E-state index in [1.807, 2.05) is 69.3 Å². The van der Waals surface area contributed by atoms with Gasteiger partial charge in [-0.15, -0.1) is 0 Å². The van der Waals surface area contributed by atoms with Crippen LogP contribution < -0.4 is 0 Å². The number of carbonyl (C=O) groups is 1. The van der Waals surface area contributed by atoms with E-state index in [4.69, 9.17) is 11.6 Å². The molecule has 1 atom stereocenters. The van der Waals surface area contributed by atoms with Crippen LogP contribution in [-0.4, -0.2) is 31.6 Å². The molecule has 0 radical (unpaired) electrons. The Balaban J connectivity index is 2.07. The van der Waals surface area contributed by atoms with Crippen molar-refractivity contribution in [3.05, 3.63) is 64.9 Å². The van der Waals surface area contributed by atoms with Crippen molar-refractivity contribution in [2.24, 2.45) is 0 Å². The molecule has 6 heteroatoms. The second kappa shape index (κ2) is 7.00. The summed E-state index contributed by atoms with van der Waals surface area (Å²) >= 11 is 5.98. The fourth-order valence-corrected chi connectivity index (χ4v) is 3.30. The van der Waals surface area contributed by atoms with Crippen LogP contribution in [0, 0.1) is 0 Å². The Labute approximate surface area is 157 Å². The van der Waals surface area contributed by atoms with Gasteiger partial charge in [-0.05, 0) is 50.6 Å². The van der Waals surface area contributed by atoms with Gasteiger partial charge in [0, 0.05) is 17.0 Å². The lowest BCUT2D eigenvalue weighted by Gasteiger charge is -2.38. The molecule has 2 aromatic carbocycles. The van der Waals surface area contributed by atoms with Crippen LogP contribution in [0.3, 0.4) is 0 Å². The highest BCUT2D eigenvalue weighted by atomic mass is 35.5. The predicted octanol–water partition coefficient (Wildman–Crippen LogP) is 5.28. The number of amides is 1. The lowest BCUT2D eigenvalue weighted by molar-refractivity contribution is 0.0671. The second-order valence-corrected chi connectivity index (χ2v) is 7.75. The Morgan fingerprint density at radius 3 is 2.42 bits per heavy atom. The van der Waals surface area contributed by atoms with Crippen molar-refractivity contribution in [1.82, 2.24) is 14.9 Å². The molecule has 5 nitrogen and oxygen atoms in total. The van der Waals surface area contributed by atoms with E-state index in [0.717, 1.165) is 16.6 Å². The molecule has 0 spiro atoms. The Hall–Kier alpha value is -2.53. The van der Waals surface area contributed by atoms with Crippen molar-refractivity contribution in [2.75, 3.05) is 0 Å². The van der Waals surface area contributed by atoms with Crippen LogP contribution in [0.1, 0.15) is 38.2 Å². The van der Waals surface area contributed by atoms with Crippen LogP contribution in [0.2, 0.25) is 5.02 Å². The van der Waals surface area contributed by atoms with Crippen molar-refractivity contribution < 1.29 is 9.90 Å². The Bertz CT molecular complexity index is 880. The van der Waals surface area contributed by atoms with Gasteiger partial charge in [-0.25, -0.2) is 9.78 Å². The molecular weight excluding hydrogens is 350 g/mol. The first-order chi connectivity index (χ1) is 12.3. The molecule has 26 heavy (non-hydrogen) atoms. The SMILES string of the molecule is CC(C)(C)N(C(=O)O)[C@H](Cc1ccc(Cl)cc1)c1nc2ccccc2[nH]1. The summed E-state index contributed by atoms with van der Waals surface area (Å²) in [5, 5.41) is 10.6. The number of hydrogen-bond donors (Lipinski definition) is 2. The topological polar surface area (TPSA) is 69.2 Å². The number of aromatic nitrogens is 2. The number of rotatable bonds is 4. The predicted molar refractivity (Wildman–Crippen MR) is 104 cm³/mol. The van der Waals surface area contributed by atoms with E-state index in [2.05, 4.69) is 9.97 Å². The number of aromatic amines is 1. The molecule has 0 unspecified atom stereocenters. The molecule has 0 saturated heterocycles. The van der Waals surface area contributed by atoms with Gasteiger partial charge in [0.1, 0.15) is 5.82 Å². The van der Waals surface area contributed by atoms with Crippen LogP contribution >= 0.6 is 11.6 Å². The van der Waals surface area contributed by atoms with Gasteiger partial charge < -0.3 is 10.1 Å². The number of H-pyrrole nitrogens is 1. The first-order valence-corrected chi connectivity index (χ1v) is 8.85. The third-order valence-electron chi connectivity index (χ3n) is 4.31. The molecule has 3 rings (SSSR count). The van der Waals surface area contributed by atoms with E-state index in [9.17, 15) is 9.90 Å². The molecule has 0 aliphatic carbocycles. The monoisotopic (exact) mass is 371 g/mol. The molecule has 0 fully saturated rings. The number of nitrogens with one attached hydrogen (secondary N) is 1. The zero-order valence-electron chi connectivity index (χ0n) is 15.0. The summed E-state index contributed by atoms with van der Waals surface area (Å²) in [4.78, 5) is 21.5. The number of nitrogens with zero attached hydrogens (tertiary/aromatic N) is 2. The third kappa shape index (κ3) is 3.83. The van der Waals surface area contributed by atoms with E-state index in [1.54, 1.807) is 0 Å². The maximum atomic E-state index is 12.1. The van der Waals surface area contributed by atoms with Crippen LogP contribution in [-0.2, 0) is 6.42 Å². The lowest BCUT2D eigenvalue weighted by atomic mass is 9.98. The van der Waals surface area contributed by atoms with Crippen molar-refractivity contribution in [3.63, 3.8) is 0 Å². The van der Waals surface area contributed by atoms with Crippen molar-refractivity contribution in [1.29, 1.82) is 0 Å². The van der Waals surface area contributed by atoms with Gasteiger partial charge in [0.15, 0.2) is 0 Å². The van der Waals surface area contributed by atoms with Gasteiger partial charge in [0.05, 0.1) is 17.1 Å². The highest BCUT2D eigenvalue weighted by Gasteiger charge is 2.36. The summed E-state index contributed by atoms with van der Waals surface area (Å²) in [5.41, 5.74) is 2.13. The fourth-order valence-electron chi connectivity index (χ4n) is 3.17. The van der Waals surface area contributed by atoms with Gasteiger partial charge in [-0.1, -0.05) is 35.9 Å². The zero-order valence-corrected chi connectivity index (χ0v) is 15.8. The molecule has 0 saturated carbocycles. The average molecular weight is 372 g/mol. The van der Waals surface area contributed by atoms with Crippen LogP contribution in [0.4, 0.5) is 4.79 Å². The van der Waals surface area contributed by atoms with Crippen LogP contribution in [0.15, 0.2) is 48.5 Å². The molecule has 3 aromatic rings. The van der Waals surface area contributed by atoms with Gasteiger partial charge in [-0.2, -0.15) is 0 Å². The molecule has 0 aliphatic heterocycles. The molecule has 1 heterocycles. The third-order valence-corrected chi connectivity index (χ3v) is 4.56. The maximum absolute atomic E-state index is 12.1. The first-order valence-electron chi connectivity index (χ1n) is 8.47. The highest BCUT2D eigenvalue weighted by molar-refractivity contribution is 6.30. The van der Waals surface area contributed by atoms with Crippen molar-refractivity contribution in [2.45, 2.75) is 38.8 Å². The van der Waals surface area contributed by atoms with E-state index >= 15 is 0 Å². The minimum absolute atomic E-state index is 0.443. The number of benzene rings is 2.